The molecule has 2 amide bonds. The molecule has 1 aromatic heterocycles. The van der Waals surface area contributed by atoms with Gasteiger partial charge in [-0.3, -0.25) is 9.80 Å². The molecule has 2 aromatic rings. The summed E-state index contributed by atoms with van der Waals surface area (Å²) in [6, 6.07) is 6.46. The summed E-state index contributed by atoms with van der Waals surface area (Å²) in [7, 11) is 0. The second-order valence-corrected chi connectivity index (χ2v) is 7.50. The molecule has 0 bridgehead atoms. The molecule has 4 rings (SSSR count). The number of para-hydroxylation sites is 1. The smallest absolute Gasteiger partial charge is 0.317 e. The Hall–Kier alpha value is -2.18. The summed E-state index contributed by atoms with van der Waals surface area (Å²) in [4.78, 5) is 21.0. The second kappa shape index (κ2) is 7.44. The molecule has 0 aliphatic carbocycles. The van der Waals surface area contributed by atoms with Crippen molar-refractivity contribution in [2.45, 2.75) is 38.8 Å². The number of fused-ring (bicyclic) bond motifs is 1. The third kappa shape index (κ3) is 3.39. The van der Waals surface area contributed by atoms with Gasteiger partial charge in [-0.2, -0.15) is 0 Å². The van der Waals surface area contributed by atoms with Crippen LogP contribution in [0, 0.1) is 12.7 Å². The van der Waals surface area contributed by atoms with E-state index in [0.717, 1.165) is 49.2 Å². The van der Waals surface area contributed by atoms with E-state index in [0.29, 0.717) is 10.8 Å². The minimum atomic E-state index is -0.392. The van der Waals surface area contributed by atoms with Gasteiger partial charge in [0.2, 0.25) is 0 Å². The molecule has 2 aliphatic heterocycles. The molecule has 0 spiro atoms. The molecule has 0 unspecified atom stereocenters. The Morgan fingerprint density at radius 3 is 2.96 bits per heavy atom. The highest BCUT2D eigenvalue weighted by atomic mass is 35.5. The van der Waals surface area contributed by atoms with Crippen LogP contribution in [0.15, 0.2) is 30.5 Å². The predicted molar refractivity (Wildman–Crippen MR) is 105 cm³/mol. The predicted octanol–water partition coefficient (Wildman–Crippen LogP) is 4.27. The summed E-state index contributed by atoms with van der Waals surface area (Å²) in [6.07, 6.45) is 4.41. The minimum absolute atomic E-state index is 0.0413. The number of pyridine rings is 1. The van der Waals surface area contributed by atoms with Gasteiger partial charge >= 0.3 is 6.03 Å². The van der Waals surface area contributed by atoms with E-state index in [-0.39, 0.29) is 18.6 Å². The number of halogens is 2. The molecular formula is C20H22ClFN4O. The lowest BCUT2D eigenvalue weighted by atomic mass is 10.0. The number of hydrogen-bond acceptors (Lipinski definition) is 3. The maximum absolute atomic E-state index is 14.6. The van der Waals surface area contributed by atoms with Crippen LogP contribution in [-0.2, 0) is 6.54 Å². The van der Waals surface area contributed by atoms with Crippen molar-refractivity contribution in [2.24, 2.45) is 0 Å². The zero-order chi connectivity index (χ0) is 19.0. The van der Waals surface area contributed by atoms with E-state index in [1.165, 1.54) is 11.0 Å². The van der Waals surface area contributed by atoms with Crippen LogP contribution < -0.4 is 15.1 Å². The summed E-state index contributed by atoms with van der Waals surface area (Å²) in [6.45, 7) is 3.89. The topological polar surface area (TPSA) is 48.5 Å². The molecule has 1 fully saturated rings. The van der Waals surface area contributed by atoms with Gasteiger partial charge in [0, 0.05) is 17.8 Å². The number of nitrogens with zero attached hydrogens (tertiary/aromatic N) is 3. The molecule has 5 nitrogen and oxygen atoms in total. The third-order valence-electron chi connectivity index (χ3n) is 5.32. The minimum Gasteiger partial charge on any atom is -0.317 e. The molecule has 1 aromatic carbocycles. The fourth-order valence-electron chi connectivity index (χ4n) is 4.02. The number of urea groups is 1. The van der Waals surface area contributed by atoms with Crippen molar-refractivity contribution in [3.8, 4) is 0 Å². The SMILES string of the molecule is Cc1cccc(F)c1N1Cc2cnc(Cl)cc2N([C@H]2CCCNCC2)C1=O. The summed E-state index contributed by atoms with van der Waals surface area (Å²) < 4.78 is 14.6. The average Bonchev–Trinajstić information content (AvgIpc) is 2.91. The van der Waals surface area contributed by atoms with E-state index < -0.39 is 5.82 Å². The number of anilines is 2. The van der Waals surface area contributed by atoms with Crippen LogP contribution in [0.3, 0.4) is 0 Å². The Labute approximate surface area is 163 Å². The molecule has 3 heterocycles. The first kappa shape index (κ1) is 18.2. The number of carbonyl (C=O) groups excluding carboxylic acids is 1. The standard InChI is InChI=1S/C20H22ClFN4O/c1-13-4-2-6-16(22)19(13)25-12-14-11-24-18(21)10-17(14)26(20(25)27)15-5-3-8-23-9-7-15/h2,4,6,10-11,15,23H,3,5,7-9,12H2,1H3/t15-/m0/s1. The van der Waals surface area contributed by atoms with Crippen LogP contribution in [0.5, 0.6) is 0 Å². The van der Waals surface area contributed by atoms with Crippen LogP contribution in [-0.4, -0.2) is 30.1 Å². The van der Waals surface area contributed by atoms with Crippen molar-refractivity contribution < 1.29 is 9.18 Å². The molecule has 7 heteroatoms. The molecule has 0 radical (unpaired) electrons. The zero-order valence-corrected chi connectivity index (χ0v) is 16.0. The van der Waals surface area contributed by atoms with Gasteiger partial charge in [0.05, 0.1) is 17.9 Å². The number of rotatable bonds is 2. The Morgan fingerprint density at radius 1 is 1.30 bits per heavy atom. The number of nitrogens with one attached hydrogen (secondary N) is 1. The summed E-state index contributed by atoms with van der Waals surface area (Å²) in [5, 5.41) is 3.73. The first-order valence-corrected chi connectivity index (χ1v) is 9.65. The van der Waals surface area contributed by atoms with Gasteiger partial charge in [0.1, 0.15) is 11.0 Å². The summed E-state index contributed by atoms with van der Waals surface area (Å²) in [5.74, 6) is -0.392. The first-order chi connectivity index (χ1) is 13.1. The Kier molecular flexibility index (Phi) is 5.02. The summed E-state index contributed by atoms with van der Waals surface area (Å²) in [5.41, 5.74) is 2.73. The number of benzene rings is 1. The van der Waals surface area contributed by atoms with Crippen LogP contribution >= 0.6 is 11.6 Å². The van der Waals surface area contributed by atoms with Crippen molar-refractivity contribution in [2.75, 3.05) is 22.9 Å². The van der Waals surface area contributed by atoms with Gasteiger partial charge in [0.25, 0.3) is 0 Å². The summed E-state index contributed by atoms with van der Waals surface area (Å²) >= 11 is 6.13. The quantitative estimate of drug-likeness (QED) is 0.781. The van der Waals surface area contributed by atoms with E-state index in [1.54, 1.807) is 23.2 Å². The van der Waals surface area contributed by atoms with E-state index in [2.05, 4.69) is 10.3 Å². The van der Waals surface area contributed by atoms with E-state index in [1.807, 2.05) is 13.0 Å². The zero-order valence-electron chi connectivity index (χ0n) is 15.2. The Morgan fingerprint density at radius 2 is 2.15 bits per heavy atom. The van der Waals surface area contributed by atoms with Crippen LogP contribution in [0.2, 0.25) is 5.15 Å². The highest BCUT2D eigenvalue weighted by molar-refractivity contribution is 6.29. The number of aryl methyl sites for hydroxylation is 1. The normalized spacial score (nSPS) is 20.4. The van der Waals surface area contributed by atoms with E-state index >= 15 is 0 Å². The van der Waals surface area contributed by atoms with Gasteiger partial charge in [-0.25, -0.2) is 14.2 Å². The number of carbonyl (C=O) groups is 1. The Balaban J connectivity index is 1.81. The lowest BCUT2D eigenvalue weighted by molar-refractivity contribution is 0.246. The molecule has 2 aliphatic rings. The van der Waals surface area contributed by atoms with Gasteiger partial charge in [-0.15, -0.1) is 0 Å². The van der Waals surface area contributed by atoms with Gasteiger partial charge < -0.3 is 5.32 Å². The fraction of sp³-hybridized carbons (Fsp3) is 0.400. The highest BCUT2D eigenvalue weighted by Gasteiger charge is 2.37. The second-order valence-electron chi connectivity index (χ2n) is 7.11. The number of aromatic nitrogens is 1. The van der Waals surface area contributed by atoms with Crippen LogP contribution in [0.4, 0.5) is 20.6 Å². The molecule has 0 saturated carbocycles. The average molecular weight is 389 g/mol. The maximum Gasteiger partial charge on any atom is 0.329 e. The lowest BCUT2D eigenvalue weighted by Gasteiger charge is -2.41. The molecule has 1 N–H and O–H groups in total. The molecule has 142 valence electrons. The lowest BCUT2D eigenvalue weighted by Crippen LogP contribution is -2.52. The molecular weight excluding hydrogens is 367 g/mol. The Bertz CT molecular complexity index is 847. The van der Waals surface area contributed by atoms with Gasteiger partial charge in [0.15, 0.2) is 0 Å². The van der Waals surface area contributed by atoms with Crippen molar-refractivity contribution in [3.63, 3.8) is 0 Å². The van der Waals surface area contributed by atoms with Crippen molar-refractivity contribution in [3.05, 3.63) is 52.6 Å². The van der Waals surface area contributed by atoms with Crippen LogP contribution in [0.1, 0.15) is 30.4 Å². The largest absolute Gasteiger partial charge is 0.329 e. The van der Waals surface area contributed by atoms with Crippen molar-refractivity contribution >= 4 is 29.0 Å². The maximum atomic E-state index is 14.6. The third-order valence-corrected chi connectivity index (χ3v) is 5.53. The highest BCUT2D eigenvalue weighted by Crippen LogP contribution is 2.37. The first-order valence-electron chi connectivity index (χ1n) is 9.27. The van der Waals surface area contributed by atoms with E-state index in [4.69, 9.17) is 11.6 Å². The fourth-order valence-corrected chi connectivity index (χ4v) is 4.17. The molecule has 1 atom stereocenters. The van der Waals surface area contributed by atoms with Crippen molar-refractivity contribution in [1.29, 1.82) is 0 Å². The number of hydrogen-bond donors (Lipinski definition) is 1. The van der Waals surface area contributed by atoms with E-state index in [9.17, 15) is 9.18 Å². The van der Waals surface area contributed by atoms with Gasteiger partial charge in [-0.05, 0) is 57.0 Å². The number of amides is 2. The van der Waals surface area contributed by atoms with Crippen molar-refractivity contribution in [1.82, 2.24) is 10.3 Å². The molecule has 1 saturated heterocycles. The molecule has 27 heavy (non-hydrogen) atoms. The monoisotopic (exact) mass is 388 g/mol. The van der Waals surface area contributed by atoms with Gasteiger partial charge in [-0.1, -0.05) is 23.7 Å². The van der Waals surface area contributed by atoms with Crippen LogP contribution in [0.25, 0.3) is 0 Å².